The van der Waals surface area contributed by atoms with Crippen molar-refractivity contribution in [1.29, 1.82) is 0 Å². The summed E-state index contributed by atoms with van der Waals surface area (Å²) in [7, 11) is 1.58. The quantitative estimate of drug-likeness (QED) is 0.805. The van der Waals surface area contributed by atoms with E-state index in [1.807, 2.05) is 30.3 Å². The van der Waals surface area contributed by atoms with E-state index >= 15 is 0 Å². The summed E-state index contributed by atoms with van der Waals surface area (Å²) in [5.41, 5.74) is 1.16. The Kier molecular flexibility index (Phi) is 6.03. The number of amides is 2. The monoisotopic (exact) mass is 314 g/mol. The summed E-state index contributed by atoms with van der Waals surface area (Å²) in [5.74, 6) is 0.485. The van der Waals surface area contributed by atoms with Gasteiger partial charge in [0.1, 0.15) is 0 Å². The van der Waals surface area contributed by atoms with Crippen molar-refractivity contribution in [3.63, 3.8) is 0 Å². The number of rotatable bonds is 6. The van der Waals surface area contributed by atoms with Crippen LogP contribution in [0.15, 0.2) is 59.5 Å². The van der Waals surface area contributed by atoms with E-state index in [1.54, 1.807) is 43.1 Å². The van der Waals surface area contributed by atoms with Gasteiger partial charge in [-0.3, -0.25) is 9.59 Å². The lowest BCUT2D eigenvalue weighted by Gasteiger charge is -2.07. The first kappa shape index (κ1) is 16.1. The van der Waals surface area contributed by atoms with Gasteiger partial charge < -0.3 is 10.6 Å². The van der Waals surface area contributed by atoms with Crippen molar-refractivity contribution >= 4 is 29.3 Å². The standard InChI is InChI=1S/C17H18N2O2S/c1-18-17(21)13-6-5-7-14(12-13)19-16(20)10-11-22-15-8-3-2-4-9-15/h2-9,12H,10-11H2,1H3,(H,18,21)(H,19,20). The molecule has 2 aromatic rings. The SMILES string of the molecule is CNC(=O)c1cccc(NC(=O)CCSc2ccccc2)c1. The summed E-state index contributed by atoms with van der Waals surface area (Å²) < 4.78 is 0. The van der Waals surface area contributed by atoms with Gasteiger partial charge in [0.05, 0.1) is 0 Å². The molecule has 0 aliphatic rings. The lowest BCUT2D eigenvalue weighted by molar-refractivity contribution is -0.115. The number of hydrogen-bond acceptors (Lipinski definition) is 3. The Bertz CT molecular complexity index is 644. The summed E-state index contributed by atoms with van der Waals surface area (Å²) in [4.78, 5) is 24.6. The van der Waals surface area contributed by atoms with E-state index in [-0.39, 0.29) is 11.8 Å². The zero-order valence-electron chi connectivity index (χ0n) is 12.3. The van der Waals surface area contributed by atoms with Gasteiger partial charge in [-0.2, -0.15) is 0 Å². The molecule has 2 rings (SSSR count). The summed E-state index contributed by atoms with van der Waals surface area (Å²) in [6.45, 7) is 0. The zero-order chi connectivity index (χ0) is 15.8. The highest BCUT2D eigenvalue weighted by Gasteiger charge is 2.06. The van der Waals surface area contributed by atoms with Crippen LogP contribution in [0.2, 0.25) is 0 Å². The van der Waals surface area contributed by atoms with E-state index < -0.39 is 0 Å². The fourth-order valence-corrected chi connectivity index (χ4v) is 2.76. The van der Waals surface area contributed by atoms with Gasteiger partial charge in [-0.1, -0.05) is 24.3 Å². The summed E-state index contributed by atoms with van der Waals surface area (Å²) in [5, 5.41) is 5.37. The van der Waals surface area contributed by atoms with E-state index in [0.717, 1.165) is 4.90 Å². The van der Waals surface area contributed by atoms with Crippen molar-refractivity contribution < 1.29 is 9.59 Å². The van der Waals surface area contributed by atoms with Gasteiger partial charge in [-0.05, 0) is 30.3 Å². The first-order valence-electron chi connectivity index (χ1n) is 6.99. The number of thioether (sulfide) groups is 1. The van der Waals surface area contributed by atoms with E-state index in [2.05, 4.69) is 10.6 Å². The third-order valence-corrected chi connectivity index (χ3v) is 3.99. The van der Waals surface area contributed by atoms with Gasteiger partial charge >= 0.3 is 0 Å². The summed E-state index contributed by atoms with van der Waals surface area (Å²) in [6, 6.07) is 16.9. The second-order valence-electron chi connectivity index (χ2n) is 4.62. The highest BCUT2D eigenvalue weighted by atomic mass is 32.2. The molecule has 0 atom stereocenters. The highest BCUT2D eigenvalue weighted by Crippen LogP contribution is 2.18. The van der Waals surface area contributed by atoms with Crippen LogP contribution in [0.25, 0.3) is 0 Å². The average molecular weight is 314 g/mol. The number of carbonyl (C=O) groups excluding carboxylic acids is 2. The summed E-state index contributed by atoms with van der Waals surface area (Å²) >= 11 is 1.65. The Morgan fingerprint density at radius 2 is 1.82 bits per heavy atom. The van der Waals surface area contributed by atoms with Gasteiger partial charge in [0.2, 0.25) is 5.91 Å². The van der Waals surface area contributed by atoms with Crippen LogP contribution >= 0.6 is 11.8 Å². The maximum atomic E-state index is 11.9. The molecule has 2 N–H and O–H groups in total. The Morgan fingerprint density at radius 1 is 1.05 bits per heavy atom. The number of nitrogens with one attached hydrogen (secondary N) is 2. The molecule has 114 valence electrons. The van der Waals surface area contributed by atoms with Crippen molar-refractivity contribution in [2.75, 3.05) is 18.1 Å². The first-order valence-corrected chi connectivity index (χ1v) is 7.97. The van der Waals surface area contributed by atoms with Crippen molar-refractivity contribution in [3.8, 4) is 0 Å². The van der Waals surface area contributed by atoms with Crippen LogP contribution in [0.3, 0.4) is 0 Å². The molecule has 0 saturated heterocycles. The molecule has 0 aliphatic carbocycles. The zero-order valence-corrected chi connectivity index (χ0v) is 13.2. The third-order valence-electron chi connectivity index (χ3n) is 2.98. The molecule has 4 nitrogen and oxygen atoms in total. The van der Waals surface area contributed by atoms with E-state index in [0.29, 0.717) is 23.4 Å². The fourth-order valence-electron chi connectivity index (χ4n) is 1.88. The molecule has 2 amide bonds. The molecule has 0 bridgehead atoms. The largest absolute Gasteiger partial charge is 0.355 e. The van der Waals surface area contributed by atoms with Crippen LogP contribution in [0, 0.1) is 0 Å². The van der Waals surface area contributed by atoms with Gasteiger partial charge in [-0.15, -0.1) is 11.8 Å². The average Bonchev–Trinajstić information content (AvgIpc) is 2.55. The normalized spacial score (nSPS) is 10.0. The first-order chi connectivity index (χ1) is 10.7. The molecule has 5 heteroatoms. The molecule has 0 aromatic heterocycles. The van der Waals surface area contributed by atoms with Crippen molar-refractivity contribution in [3.05, 3.63) is 60.2 Å². The predicted molar refractivity (Wildman–Crippen MR) is 90.2 cm³/mol. The number of hydrogen-bond donors (Lipinski definition) is 2. The predicted octanol–water partition coefficient (Wildman–Crippen LogP) is 3.17. The molecule has 0 heterocycles. The minimum Gasteiger partial charge on any atom is -0.355 e. The fraction of sp³-hybridized carbons (Fsp3) is 0.176. The molecule has 0 unspecified atom stereocenters. The number of carbonyl (C=O) groups is 2. The lowest BCUT2D eigenvalue weighted by Crippen LogP contribution is -2.18. The van der Waals surface area contributed by atoms with Crippen molar-refractivity contribution in [2.45, 2.75) is 11.3 Å². The van der Waals surface area contributed by atoms with Gasteiger partial charge in [0.25, 0.3) is 5.91 Å². The molecule has 22 heavy (non-hydrogen) atoms. The Hall–Kier alpha value is -2.27. The third kappa shape index (κ3) is 4.93. The minimum absolute atomic E-state index is 0.0579. The lowest BCUT2D eigenvalue weighted by atomic mass is 10.2. The molecule has 0 aliphatic heterocycles. The van der Waals surface area contributed by atoms with Crippen LogP contribution < -0.4 is 10.6 Å². The van der Waals surface area contributed by atoms with Crippen LogP contribution in [0.4, 0.5) is 5.69 Å². The van der Waals surface area contributed by atoms with Crippen LogP contribution in [0.5, 0.6) is 0 Å². The molecule has 0 fully saturated rings. The van der Waals surface area contributed by atoms with E-state index in [1.165, 1.54) is 0 Å². The highest BCUT2D eigenvalue weighted by molar-refractivity contribution is 7.99. The maximum absolute atomic E-state index is 11.9. The van der Waals surface area contributed by atoms with Crippen LogP contribution in [-0.4, -0.2) is 24.6 Å². The smallest absolute Gasteiger partial charge is 0.251 e. The van der Waals surface area contributed by atoms with Crippen LogP contribution in [-0.2, 0) is 4.79 Å². The van der Waals surface area contributed by atoms with E-state index in [4.69, 9.17) is 0 Å². The second-order valence-corrected chi connectivity index (χ2v) is 5.79. The molecule has 2 aromatic carbocycles. The Labute approximate surface area is 134 Å². The number of benzene rings is 2. The van der Waals surface area contributed by atoms with Gasteiger partial charge in [0, 0.05) is 35.4 Å². The van der Waals surface area contributed by atoms with Crippen molar-refractivity contribution in [1.82, 2.24) is 5.32 Å². The molecule has 0 radical (unpaired) electrons. The second kappa shape index (κ2) is 8.24. The van der Waals surface area contributed by atoms with Crippen molar-refractivity contribution in [2.24, 2.45) is 0 Å². The molecular weight excluding hydrogens is 296 g/mol. The topological polar surface area (TPSA) is 58.2 Å². The van der Waals surface area contributed by atoms with Crippen LogP contribution in [0.1, 0.15) is 16.8 Å². The van der Waals surface area contributed by atoms with Gasteiger partial charge in [0.15, 0.2) is 0 Å². The Morgan fingerprint density at radius 3 is 2.55 bits per heavy atom. The van der Waals surface area contributed by atoms with Gasteiger partial charge in [-0.25, -0.2) is 0 Å². The maximum Gasteiger partial charge on any atom is 0.251 e. The Balaban J connectivity index is 1.83. The molecule has 0 saturated carbocycles. The molecule has 0 spiro atoms. The van der Waals surface area contributed by atoms with E-state index in [9.17, 15) is 9.59 Å². The molecular formula is C17H18N2O2S. The summed E-state index contributed by atoms with van der Waals surface area (Å²) in [6.07, 6.45) is 0.420. The minimum atomic E-state index is -0.171. The number of anilines is 1.